The van der Waals surface area contributed by atoms with Crippen LogP contribution in [-0.2, 0) is 14.3 Å². The van der Waals surface area contributed by atoms with Crippen LogP contribution in [0, 0.1) is 14.8 Å². The van der Waals surface area contributed by atoms with Gasteiger partial charge in [0.15, 0.2) is 0 Å². The molecule has 0 bridgehead atoms. The van der Waals surface area contributed by atoms with Crippen LogP contribution in [0.5, 0.6) is 5.75 Å². The Morgan fingerprint density at radius 2 is 1.85 bits per heavy atom. The number of amides is 4. The molecule has 2 heterocycles. The van der Waals surface area contributed by atoms with E-state index in [-0.39, 0.29) is 11.1 Å². The van der Waals surface area contributed by atoms with E-state index in [1.54, 1.807) is 37.3 Å². The van der Waals surface area contributed by atoms with Gasteiger partial charge in [0.25, 0.3) is 5.91 Å². The molecular formula is C30H29FIN3O5. The molecule has 3 atom stereocenters. The Morgan fingerprint density at radius 3 is 2.48 bits per heavy atom. The molecule has 10 heteroatoms. The quantitative estimate of drug-likeness (QED) is 0.242. The first kappa shape index (κ1) is 28.0. The van der Waals surface area contributed by atoms with Gasteiger partial charge in [-0.25, -0.2) is 14.1 Å². The summed E-state index contributed by atoms with van der Waals surface area (Å²) in [7, 11) is 0. The van der Waals surface area contributed by atoms with Crippen LogP contribution in [0.25, 0.3) is 0 Å². The Bertz CT molecular complexity index is 1410. The lowest BCUT2D eigenvalue weighted by molar-refractivity contribution is -0.134. The van der Waals surface area contributed by atoms with Crippen molar-refractivity contribution in [3.63, 3.8) is 0 Å². The minimum atomic E-state index is -1.23. The lowest BCUT2D eigenvalue weighted by atomic mass is 9.90. The summed E-state index contributed by atoms with van der Waals surface area (Å²) in [6.07, 6.45) is 0. The fraction of sp³-hybridized carbons (Fsp3) is 0.300. The number of halogens is 2. The van der Waals surface area contributed by atoms with Gasteiger partial charge in [0.2, 0.25) is 5.91 Å². The number of rotatable bonds is 9. The van der Waals surface area contributed by atoms with Gasteiger partial charge in [-0.3, -0.25) is 9.59 Å². The van der Waals surface area contributed by atoms with Gasteiger partial charge >= 0.3 is 6.03 Å². The summed E-state index contributed by atoms with van der Waals surface area (Å²) in [5, 5.41) is 5.30. The monoisotopic (exact) mass is 657 g/mol. The van der Waals surface area contributed by atoms with E-state index in [2.05, 4.69) is 17.6 Å². The molecule has 5 rings (SSSR count). The van der Waals surface area contributed by atoms with Gasteiger partial charge in [-0.2, -0.15) is 0 Å². The number of urea groups is 1. The number of anilines is 1. The van der Waals surface area contributed by atoms with Crippen LogP contribution < -0.4 is 15.4 Å². The zero-order valence-electron chi connectivity index (χ0n) is 22.0. The van der Waals surface area contributed by atoms with E-state index in [1.807, 2.05) is 52.9 Å². The number of imide groups is 1. The molecule has 2 aliphatic heterocycles. The van der Waals surface area contributed by atoms with E-state index in [4.69, 9.17) is 9.47 Å². The van der Waals surface area contributed by atoms with Gasteiger partial charge in [-0.1, -0.05) is 56.3 Å². The molecule has 3 aromatic rings. The number of benzene rings is 3. The van der Waals surface area contributed by atoms with Gasteiger partial charge in [0.1, 0.15) is 23.7 Å². The predicted octanol–water partition coefficient (Wildman–Crippen LogP) is 5.25. The van der Waals surface area contributed by atoms with Crippen LogP contribution in [0.3, 0.4) is 0 Å². The number of nitrogens with one attached hydrogen (secondary N) is 2. The van der Waals surface area contributed by atoms with Crippen LogP contribution in [0.4, 0.5) is 14.9 Å². The molecule has 40 heavy (non-hydrogen) atoms. The number of hydrogen-bond donors (Lipinski definition) is 2. The molecule has 2 N–H and O–H groups in total. The summed E-state index contributed by atoms with van der Waals surface area (Å²) in [6, 6.07) is 17.5. The fourth-order valence-electron chi connectivity index (χ4n) is 4.84. The van der Waals surface area contributed by atoms with Crippen LogP contribution in [0.2, 0.25) is 0 Å². The van der Waals surface area contributed by atoms with Gasteiger partial charge in [-0.15, -0.1) is 0 Å². The summed E-state index contributed by atoms with van der Waals surface area (Å²) in [5.41, 5.74) is 1.27. The zero-order chi connectivity index (χ0) is 28.4. The van der Waals surface area contributed by atoms with Crippen LogP contribution in [0.15, 0.2) is 72.8 Å². The van der Waals surface area contributed by atoms with Crippen molar-refractivity contribution in [2.75, 3.05) is 25.1 Å². The highest BCUT2D eigenvalue weighted by atomic mass is 127. The van der Waals surface area contributed by atoms with Crippen molar-refractivity contribution in [3.8, 4) is 5.75 Å². The number of nitrogens with zero attached hydrogens (tertiary/aromatic N) is 1. The van der Waals surface area contributed by atoms with Gasteiger partial charge < -0.3 is 20.1 Å². The summed E-state index contributed by atoms with van der Waals surface area (Å²) >= 11 is 1.97. The molecular weight excluding hydrogens is 628 g/mol. The predicted molar refractivity (Wildman–Crippen MR) is 155 cm³/mol. The summed E-state index contributed by atoms with van der Waals surface area (Å²) < 4.78 is 26.4. The first-order valence-corrected chi connectivity index (χ1v) is 14.0. The molecule has 3 aromatic carbocycles. The van der Waals surface area contributed by atoms with Crippen molar-refractivity contribution in [1.29, 1.82) is 0 Å². The van der Waals surface area contributed by atoms with E-state index in [0.29, 0.717) is 34.7 Å². The first-order valence-electron chi connectivity index (χ1n) is 12.9. The van der Waals surface area contributed by atoms with Gasteiger partial charge in [-0.05, 0) is 64.0 Å². The van der Waals surface area contributed by atoms with E-state index in [1.165, 1.54) is 12.1 Å². The van der Waals surface area contributed by atoms with E-state index in [0.717, 1.165) is 10.5 Å². The minimum Gasteiger partial charge on any atom is -0.493 e. The van der Waals surface area contributed by atoms with Crippen LogP contribution >= 0.6 is 22.6 Å². The van der Waals surface area contributed by atoms with Crippen molar-refractivity contribution in [1.82, 2.24) is 10.2 Å². The van der Waals surface area contributed by atoms with Crippen molar-refractivity contribution >= 4 is 46.1 Å². The molecule has 0 radical (unpaired) electrons. The topological polar surface area (TPSA) is 97.0 Å². The molecule has 2 saturated heterocycles. The molecule has 2 aliphatic rings. The van der Waals surface area contributed by atoms with E-state index < -0.39 is 41.7 Å². The molecule has 0 aliphatic carbocycles. The average Bonchev–Trinajstić information content (AvgIpc) is 3.22. The standard InChI is InChI=1S/C30H29FIN3O5/c1-18(19-6-4-3-5-7-19)26(27(36)33-24-13-10-21(32)14-23(24)31)35-28(37)25(34-29(35)38)20-8-11-22(12-9-20)40-17-30(2)15-39-16-30/h3-14,18,25-26H,15-17H2,1-2H3,(H,33,36)(H,34,38)/t18?,25-,26?/m1/s1. The lowest BCUT2D eigenvalue weighted by Gasteiger charge is -2.37. The molecule has 208 valence electrons. The molecule has 0 spiro atoms. The first-order chi connectivity index (χ1) is 19.1. The minimum absolute atomic E-state index is 0.0132. The molecule has 0 aromatic heterocycles. The van der Waals surface area contributed by atoms with Crippen molar-refractivity contribution in [3.05, 3.63) is 93.3 Å². The van der Waals surface area contributed by atoms with Crippen molar-refractivity contribution in [2.24, 2.45) is 5.41 Å². The second-order valence-electron chi connectivity index (χ2n) is 10.5. The Kier molecular flexibility index (Phi) is 8.09. The molecule has 8 nitrogen and oxygen atoms in total. The highest BCUT2D eigenvalue weighted by Gasteiger charge is 2.47. The maximum Gasteiger partial charge on any atom is 0.325 e. The third-order valence-electron chi connectivity index (χ3n) is 7.21. The van der Waals surface area contributed by atoms with E-state index >= 15 is 0 Å². The molecule has 4 amide bonds. The lowest BCUT2D eigenvalue weighted by Crippen LogP contribution is -2.50. The maximum atomic E-state index is 14.6. The molecule has 0 saturated carbocycles. The second-order valence-corrected chi connectivity index (χ2v) is 11.8. The maximum absolute atomic E-state index is 14.6. The fourth-order valence-corrected chi connectivity index (χ4v) is 5.29. The number of carbonyl (C=O) groups is 3. The summed E-state index contributed by atoms with van der Waals surface area (Å²) in [5.74, 6) is -1.78. The average molecular weight is 657 g/mol. The smallest absolute Gasteiger partial charge is 0.325 e. The summed E-state index contributed by atoms with van der Waals surface area (Å²) in [6.45, 7) is 5.65. The zero-order valence-corrected chi connectivity index (χ0v) is 24.2. The molecule has 2 fully saturated rings. The van der Waals surface area contributed by atoms with Crippen LogP contribution in [-0.4, -0.2) is 48.6 Å². The third kappa shape index (κ3) is 5.83. The van der Waals surface area contributed by atoms with Crippen molar-refractivity contribution in [2.45, 2.75) is 31.8 Å². The molecule has 2 unspecified atom stereocenters. The number of ether oxygens (including phenoxy) is 2. The van der Waals surface area contributed by atoms with E-state index in [9.17, 15) is 18.8 Å². The number of carbonyl (C=O) groups excluding carboxylic acids is 3. The van der Waals surface area contributed by atoms with Crippen molar-refractivity contribution < 1.29 is 28.2 Å². The highest BCUT2D eigenvalue weighted by Crippen LogP contribution is 2.33. The highest BCUT2D eigenvalue weighted by molar-refractivity contribution is 14.1. The normalized spacial score (nSPS) is 19.4. The Balaban J connectivity index is 1.38. The SMILES string of the molecule is CC(c1ccccc1)C(C(=O)Nc1ccc(I)cc1F)N1C(=O)N[C@H](c2ccc(OCC3(C)COC3)cc2)C1=O. The van der Waals surface area contributed by atoms with Crippen LogP contribution in [0.1, 0.15) is 36.9 Å². The Labute approximate surface area is 245 Å². The Morgan fingerprint density at radius 1 is 1.15 bits per heavy atom. The van der Waals surface area contributed by atoms with Gasteiger partial charge in [0, 0.05) is 14.9 Å². The third-order valence-corrected chi connectivity index (χ3v) is 7.88. The largest absolute Gasteiger partial charge is 0.493 e. The second kappa shape index (κ2) is 11.5. The van der Waals surface area contributed by atoms with Gasteiger partial charge in [0.05, 0.1) is 25.5 Å². The summed E-state index contributed by atoms with van der Waals surface area (Å²) in [4.78, 5) is 41.5. The Hall–Kier alpha value is -3.51. The number of hydrogen-bond acceptors (Lipinski definition) is 5.